The molecule has 1 aliphatic rings. The highest BCUT2D eigenvalue weighted by molar-refractivity contribution is 5.76. The van der Waals surface area contributed by atoms with Crippen LogP contribution >= 0.6 is 0 Å². The number of nitrogens with zero attached hydrogens (tertiary/aromatic N) is 2. The molecular weight excluding hydrogens is 184 g/mol. The lowest BCUT2D eigenvalue weighted by molar-refractivity contribution is -0.135. The van der Waals surface area contributed by atoms with E-state index >= 15 is 0 Å². The summed E-state index contributed by atoms with van der Waals surface area (Å²) in [6.45, 7) is 2.52. The van der Waals surface area contributed by atoms with E-state index < -0.39 is 0 Å². The summed E-state index contributed by atoms with van der Waals surface area (Å²) in [7, 11) is 0. The van der Waals surface area contributed by atoms with E-state index in [0.717, 1.165) is 6.41 Å². The summed E-state index contributed by atoms with van der Waals surface area (Å²) in [5, 5.41) is 8.57. The lowest BCUT2D eigenvalue weighted by Gasteiger charge is -2.32. The van der Waals surface area contributed by atoms with E-state index in [9.17, 15) is 9.59 Å². The summed E-state index contributed by atoms with van der Waals surface area (Å²) >= 11 is 0. The largest absolute Gasteiger partial charge is 0.396 e. The fourth-order valence-electron chi connectivity index (χ4n) is 1.47. The second kappa shape index (κ2) is 5.59. The van der Waals surface area contributed by atoms with Crippen molar-refractivity contribution in [2.45, 2.75) is 12.8 Å². The molecule has 0 radical (unpaired) electrons. The average molecular weight is 200 g/mol. The minimum absolute atomic E-state index is 0.0556. The van der Waals surface area contributed by atoms with E-state index in [1.165, 1.54) is 0 Å². The number of carbonyl (C=O) groups excluding carboxylic acids is 2. The molecule has 0 unspecified atom stereocenters. The van der Waals surface area contributed by atoms with E-state index in [1.54, 1.807) is 9.80 Å². The Hall–Kier alpha value is -1.10. The molecule has 14 heavy (non-hydrogen) atoms. The zero-order valence-corrected chi connectivity index (χ0v) is 8.19. The van der Waals surface area contributed by atoms with Crippen LogP contribution in [0, 0.1) is 0 Å². The summed E-state index contributed by atoms with van der Waals surface area (Å²) in [6, 6.07) is 0. The van der Waals surface area contributed by atoms with Crippen LogP contribution in [0.15, 0.2) is 0 Å². The van der Waals surface area contributed by atoms with Gasteiger partial charge in [-0.3, -0.25) is 9.59 Å². The third-order valence-corrected chi connectivity index (χ3v) is 2.36. The van der Waals surface area contributed by atoms with Gasteiger partial charge in [0, 0.05) is 39.2 Å². The molecule has 0 atom stereocenters. The van der Waals surface area contributed by atoms with Crippen molar-refractivity contribution in [1.29, 1.82) is 0 Å². The molecular formula is C9H16N2O3. The lowest BCUT2D eigenvalue weighted by atomic mass is 10.2. The monoisotopic (exact) mass is 200 g/mol. The standard InChI is InChI=1S/C9H16N2O3/c12-7-1-2-9(14)11-5-3-10(8-13)4-6-11/h8,12H,1-7H2. The Bertz CT molecular complexity index is 200. The van der Waals surface area contributed by atoms with Crippen LogP contribution in [0.4, 0.5) is 0 Å². The van der Waals surface area contributed by atoms with Crippen LogP contribution in [0.3, 0.4) is 0 Å². The molecule has 0 spiro atoms. The van der Waals surface area contributed by atoms with Crippen LogP contribution in [0.5, 0.6) is 0 Å². The number of aliphatic hydroxyl groups excluding tert-OH is 1. The van der Waals surface area contributed by atoms with Crippen molar-refractivity contribution in [2.75, 3.05) is 32.8 Å². The number of piperazine rings is 1. The van der Waals surface area contributed by atoms with Crippen LogP contribution in [-0.2, 0) is 9.59 Å². The number of carbonyl (C=O) groups is 2. The van der Waals surface area contributed by atoms with Crippen LogP contribution < -0.4 is 0 Å². The molecule has 5 nitrogen and oxygen atoms in total. The third-order valence-electron chi connectivity index (χ3n) is 2.36. The van der Waals surface area contributed by atoms with E-state index in [1.807, 2.05) is 0 Å². The van der Waals surface area contributed by atoms with Gasteiger partial charge in [-0.05, 0) is 6.42 Å². The molecule has 2 amide bonds. The minimum atomic E-state index is 0.0556. The van der Waals surface area contributed by atoms with Gasteiger partial charge in [-0.2, -0.15) is 0 Å². The van der Waals surface area contributed by atoms with Crippen molar-refractivity contribution in [3.8, 4) is 0 Å². The second-order valence-corrected chi connectivity index (χ2v) is 3.35. The van der Waals surface area contributed by atoms with E-state index in [0.29, 0.717) is 39.0 Å². The SMILES string of the molecule is O=CN1CCN(C(=O)CCCO)CC1. The average Bonchev–Trinajstić information content (AvgIpc) is 2.26. The summed E-state index contributed by atoms with van der Waals surface area (Å²) in [4.78, 5) is 25.3. The highest BCUT2D eigenvalue weighted by Gasteiger charge is 2.19. The maximum atomic E-state index is 11.5. The smallest absolute Gasteiger partial charge is 0.222 e. The molecule has 0 aromatic carbocycles. The number of amides is 2. The molecule has 0 saturated carbocycles. The molecule has 1 heterocycles. The van der Waals surface area contributed by atoms with Gasteiger partial charge in [0.1, 0.15) is 0 Å². The predicted octanol–water partition coefficient (Wildman–Crippen LogP) is -0.940. The molecule has 5 heteroatoms. The molecule has 1 aliphatic heterocycles. The van der Waals surface area contributed by atoms with Crippen molar-refractivity contribution in [3.05, 3.63) is 0 Å². The highest BCUT2D eigenvalue weighted by atomic mass is 16.3. The van der Waals surface area contributed by atoms with Gasteiger partial charge in [0.25, 0.3) is 0 Å². The van der Waals surface area contributed by atoms with Crippen LogP contribution in [-0.4, -0.2) is 60.0 Å². The number of hydrogen-bond acceptors (Lipinski definition) is 3. The summed E-state index contributed by atoms with van der Waals surface area (Å²) in [5.41, 5.74) is 0. The van der Waals surface area contributed by atoms with Crippen molar-refractivity contribution in [2.24, 2.45) is 0 Å². The molecule has 0 aromatic heterocycles. The minimum Gasteiger partial charge on any atom is -0.396 e. The van der Waals surface area contributed by atoms with Gasteiger partial charge in [-0.1, -0.05) is 0 Å². The fourth-order valence-corrected chi connectivity index (χ4v) is 1.47. The molecule has 0 aliphatic carbocycles. The highest BCUT2D eigenvalue weighted by Crippen LogP contribution is 2.03. The summed E-state index contributed by atoms with van der Waals surface area (Å²) in [5.74, 6) is 0.0737. The number of aliphatic hydroxyl groups is 1. The van der Waals surface area contributed by atoms with Gasteiger partial charge in [0.15, 0.2) is 0 Å². The number of hydrogen-bond donors (Lipinski definition) is 1. The quantitative estimate of drug-likeness (QED) is 0.596. The first kappa shape index (κ1) is 11.0. The molecule has 80 valence electrons. The normalized spacial score (nSPS) is 16.9. The van der Waals surface area contributed by atoms with Gasteiger partial charge in [-0.15, -0.1) is 0 Å². The van der Waals surface area contributed by atoms with Crippen molar-refractivity contribution >= 4 is 12.3 Å². The maximum absolute atomic E-state index is 11.5. The lowest BCUT2D eigenvalue weighted by Crippen LogP contribution is -2.48. The zero-order valence-electron chi connectivity index (χ0n) is 8.19. The second-order valence-electron chi connectivity index (χ2n) is 3.35. The molecule has 0 bridgehead atoms. The van der Waals surface area contributed by atoms with Crippen molar-refractivity contribution in [3.63, 3.8) is 0 Å². The molecule has 1 saturated heterocycles. The first-order valence-corrected chi connectivity index (χ1v) is 4.86. The Labute approximate surface area is 83.3 Å². The summed E-state index contributed by atoms with van der Waals surface area (Å²) in [6.07, 6.45) is 1.74. The zero-order chi connectivity index (χ0) is 10.4. The van der Waals surface area contributed by atoms with E-state index in [4.69, 9.17) is 5.11 Å². The number of rotatable bonds is 4. The topological polar surface area (TPSA) is 60.9 Å². The summed E-state index contributed by atoms with van der Waals surface area (Å²) < 4.78 is 0. The van der Waals surface area contributed by atoms with Gasteiger partial charge in [0.2, 0.25) is 12.3 Å². The molecule has 1 fully saturated rings. The van der Waals surface area contributed by atoms with Crippen LogP contribution in [0.25, 0.3) is 0 Å². The molecule has 0 aromatic rings. The fraction of sp³-hybridized carbons (Fsp3) is 0.778. The first-order chi connectivity index (χ1) is 6.77. The van der Waals surface area contributed by atoms with E-state index in [-0.39, 0.29) is 12.5 Å². The van der Waals surface area contributed by atoms with Gasteiger partial charge in [-0.25, -0.2) is 0 Å². The van der Waals surface area contributed by atoms with Gasteiger partial charge in [0.05, 0.1) is 0 Å². The molecule has 1 N–H and O–H groups in total. The Morgan fingerprint density at radius 1 is 1.29 bits per heavy atom. The van der Waals surface area contributed by atoms with Crippen LogP contribution in [0.2, 0.25) is 0 Å². The Kier molecular flexibility index (Phi) is 4.39. The Morgan fingerprint density at radius 3 is 2.43 bits per heavy atom. The Morgan fingerprint density at radius 2 is 1.93 bits per heavy atom. The van der Waals surface area contributed by atoms with Gasteiger partial charge >= 0.3 is 0 Å². The van der Waals surface area contributed by atoms with Crippen LogP contribution in [0.1, 0.15) is 12.8 Å². The molecule has 1 rings (SSSR count). The first-order valence-electron chi connectivity index (χ1n) is 4.86. The van der Waals surface area contributed by atoms with Gasteiger partial charge < -0.3 is 14.9 Å². The van der Waals surface area contributed by atoms with E-state index in [2.05, 4.69) is 0 Å². The maximum Gasteiger partial charge on any atom is 0.222 e. The predicted molar refractivity (Wildman–Crippen MR) is 50.5 cm³/mol. The van der Waals surface area contributed by atoms with Crippen molar-refractivity contribution < 1.29 is 14.7 Å². The Balaban J connectivity index is 2.26. The van der Waals surface area contributed by atoms with Crippen molar-refractivity contribution in [1.82, 2.24) is 9.80 Å². The third kappa shape index (κ3) is 2.99.